The third kappa shape index (κ3) is 4.00. The van der Waals surface area contributed by atoms with Crippen LogP contribution in [0.25, 0.3) is 0 Å². The van der Waals surface area contributed by atoms with Gasteiger partial charge in [0.1, 0.15) is 6.04 Å². The van der Waals surface area contributed by atoms with Crippen LogP contribution in [0.1, 0.15) is 30.8 Å². The van der Waals surface area contributed by atoms with Crippen molar-refractivity contribution in [3.05, 3.63) is 47.3 Å². The van der Waals surface area contributed by atoms with E-state index in [1.165, 1.54) is 0 Å². The molecule has 0 radical (unpaired) electrons. The van der Waals surface area contributed by atoms with E-state index in [9.17, 15) is 9.90 Å². The first-order valence-electron chi connectivity index (χ1n) is 7.39. The Hall–Kier alpha value is -2.50. The minimum Gasteiger partial charge on any atom is -0.480 e. The van der Waals surface area contributed by atoms with Crippen LogP contribution in [0.5, 0.6) is 0 Å². The molecular weight excluding hydrogens is 280 g/mol. The average molecular weight is 300 g/mol. The summed E-state index contributed by atoms with van der Waals surface area (Å²) in [6.45, 7) is 3.99. The molecule has 2 N–H and O–H groups in total. The quantitative estimate of drug-likeness (QED) is 0.814. The Morgan fingerprint density at radius 2 is 1.82 bits per heavy atom. The maximum Gasteiger partial charge on any atom is 0.326 e. The summed E-state index contributed by atoms with van der Waals surface area (Å²) in [5, 5.41) is 20.4. The van der Waals surface area contributed by atoms with Crippen LogP contribution < -0.4 is 5.32 Å². The molecule has 2 aromatic rings. The number of carboxylic acid groups (broad SMARTS) is 1. The number of hydrogen-bond donors (Lipinski definition) is 2. The summed E-state index contributed by atoms with van der Waals surface area (Å²) in [4.78, 5) is 15.8. The van der Waals surface area contributed by atoms with Crippen molar-refractivity contribution in [3.8, 4) is 0 Å². The Morgan fingerprint density at radius 1 is 1.14 bits per heavy atom. The topological polar surface area (TPSA) is 88.0 Å². The van der Waals surface area contributed by atoms with Crippen molar-refractivity contribution in [2.75, 3.05) is 5.32 Å². The first-order chi connectivity index (χ1) is 10.6. The second kappa shape index (κ2) is 7.49. The van der Waals surface area contributed by atoms with Crippen LogP contribution >= 0.6 is 0 Å². The first kappa shape index (κ1) is 15.9. The number of nitrogens with zero attached hydrogens (tertiary/aromatic N) is 3. The largest absolute Gasteiger partial charge is 0.480 e. The second-order valence-electron chi connectivity index (χ2n) is 4.96. The van der Waals surface area contributed by atoms with Crippen molar-refractivity contribution in [1.82, 2.24) is 15.2 Å². The lowest BCUT2D eigenvalue weighted by Gasteiger charge is -2.15. The highest BCUT2D eigenvalue weighted by Gasteiger charge is 2.19. The van der Waals surface area contributed by atoms with Crippen LogP contribution in [-0.4, -0.2) is 32.3 Å². The predicted molar refractivity (Wildman–Crippen MR) is 83.8 cm³/mol. The fraction of sp³-hybridized carbons (Fsp3) is 0.375. The van der Waals surface area contributed by atoms with Crippen LogP contribution in [0.2, 0.25) is 0 Å². The molecule has 0 aliphatic rings. The molecule has 0 saturated heterocycles. The Bertz CT molecular complexity index is 631. The number of benzene rings is 1. The minimum absolute atomic E-state index is 0.261. The maximum absolute atomic E-state index is 11.4. The lowest BCUT2D eigenvalue weighted by atomic mass is 10.1. The van der Waals surface area contributed by atoms with Crippen molar-refractivity contribution in [2.45, 2.75) is 39.2 Å². The van der Waals surface area contributed by atoms with Crippen molar-refractivity contribution < 1.29 is 9.90 Å². The van der Waals surface area contributed by atoms with E-state index in [-0.39, 0.29) is 5.95 Å². The van der Waals surface area contributed by atoms with Crippen LogP contribution in [0.4, 0.5) is 5.95 Å². The van der Waals surface area contributed by atoms with E-state index in [1.54, 1.807) is 0 Å². The molecule has 2 rings (SSSR count). The summed E-state index contributed by atoms with van der Waals surface area (Å²) in [5.41, 5.74) is 2.64. The Labute approximate surface area is 129 Å². The third-order valence-corrected chi connectivity index (χ3v) is 3.39. The predicted octanol–water partition coefficient (Wildman–Crippen LogP) is 2.10. The maximum atomic E-state index is 11.4. The zero-order chi connectivity index (χ0) is 15.9. The van der Waals surface area contributed by atoms with E-state index in [0.717, 1.165) is 29.8 Å². The number of aryl methyl sites for hydroxylation is 2. The SMILES string of the molecule is CCc1nnc(N[C@@H](Cc2ccccc2)C(=O)O)nc1CC. The standard InChI is InChI=1S/C16H20N4O2/c1-3-12-13(4-2)19-20-16(17-12)18-14(15(21)22)10-11-8-6-5-7-9-11/h5-9,14H,3-4,10H2,1-2H3,(H,21,22)(H,17,18,20)/t14-/m0/s1. The van der Waals surface area contributed by atoms with Gasteiger partial charge in [0.15, 0.2) is 0 Å². The fourth-order valence-corrected chi connectivity index (χ4v) is 2.20. The highest BCUT2D eigenvalue weighted by Crippen LogP contribution is 2.10. The van der Waals surface area contributed by atoms with E-state index < -0.39 is 12.0 Å². The molecule has 0 aliphatic heterocycles. The molecule has 0 amide bonds. The number of rotatable bonds is 7. The van der Waals surface area contributed by atoms with Gasteiger partial charge in [-0.1, -0.05) is 44.2 Å². The summed E-state index contributed by atoms with van der Waals surface area (Å²) in [5.74, 6) is -0.678. The van der Waals surface area contributed by atoms with Gasteiger partial charge < -0.3 is 10.4 Å². The van der Waals surface area contributed by atoms with Crippen LogP contribution in [0, 0.1) is 0 Å². The zero-order valence-corrected chi connectivity index (χ0v) is 12.8. The van der Waals surface area contributed by atoms with Gasteiger partial charge in [-0.15, -0.1) is 5.10 Å². The van der Waals surface area contributed by atoms with Gasteiger partial charge in [0.25, 0.3) is 0 Å². The summed E-state index contributed by atoms with van der Waals surface area (Å²) in [7, 11) is 0. The van der Waals surface area contributed by atoms with E-state index in [4.69, 9.17) is 0 Å². The normalized spacial score (nSPS) is 11.9. The van der Waals surface area contributed by atoms with Crippen LogP contribution in [-0.2, 0) is 24.1 Å². The number of hydrogen-bond acceptors (Lipinski definition) is 5. The highest BCUT2D eigenvalue weighted by atomic mass is 16.4. The van der Waals surface area contributed by atoms with Gasteiger partial charge in [-0.2, -0.15) is 5.10 Å². The minimum atomic E-state index is -0.940. The smallest absolute Gasteiger partial charge is 0.326 e. The summed E-state index contributed by atoms with van der Waals surface area (Å²) in [6, 6.07) is 8.68. The summed E-state index contributed by atoms with van der Waals surface area (Å²) >= 11 is 0. The Kier molecular flexibility index (Phi) is 5.41. The lowest BCUT2D eigenvalue weighted by Crippen LogP contribution is -2.32. The van der Waals surface area contributed by atoms with E-state index >= 15 is 0 Å². The van der Waals surface area contributed by atoms with Crippen LogP contribution in [0.3, 0.4) is 0 Å². The molecule has 116 valence electrons. The highest BCUT2D eigenvalue weighted by molar-refractivity contribution is 5.77. The van der Waals surface area contributed by atoms with Gasteiger partial charge >= 0.3 is 5.97 Å². The second-order valence-corrected chi connectivity index (χ2v) is 4.96. The number of aliphatic carboxylic acids is 1. The van der Waals surface area contributed by atoms with Crippen molar-refractivity contribution in [3.63, 3.8) is 0 Å². The van der Waals surface area contributed by atoms with Crippen molar-refractivity contribution >= 4 is 11.9 Å². The molecule has 0 spiro atoms. The van der Waals surface area contributed by atoms with Gasteiger partial charge in [0.05, 0.1) is 11.4 Å². The number of nitrogens with one attached hydrogen (secondary N) is 1. The molecule has 6 heteroatoms. The fourth-order valence-electron chi connectivity index (χ4n) is 2.20. The zero-order valence-electron chi connectivity index (χ0n) is 12.8. The monoisotopic (exact) mass is 300 g/mol. The first-order valence-corrected chi connectivity index (χ1v) is 7.39. The Morgan fingerprint density at radius 3 is 2.41 bits per heavy atom. The van der Waals surface area contributed by atoms with E-state index in [2.05, 4.69) is 20.5 Å². The molecule has 1 aromatic heterocycles. The number of carboxylic acids is 1. The van der Waals surface area contributed by atoms with Gasteiger partial charge in [-0.05, 0) is 18.4 Å². The molecule has 1 aromatic carbocycles. The Balaban J connectivity index is 2.16. The molecule has 0 aliphatic carbocycles. The van der Waals surface area contributed by atoms with Gasteiger partial charge in [-0.3, -0.25) is 0 Å². The molecule has 1 atom stereocenters. The molecule has 0 fully saturated rings. The summed E-state index contributed by atoms with van der Waals surface area (Å²) < 4.78 is 0. The third-order valence-electron chi connectivity index (χ3n) is 3.39. The number of aromatic nitrogens is 3. The molecule has 6 nitrogen and oxygen atoms in total. The van der Waals surface area contributed by atoms with Crippen LogP contribution in [0.15, 0.2) is 30.3 Å². The molecule has 1 heterocycles. The van der Waals surface area contributed by atoms with Gasteiger partial charge in [-0.25, -0.2) is 9.78 Å². The number of anilines is 1. The average Bonchev–Trinajstić information content (AvgIpc) is 2.55. The molecule has 0 bridgehead atoms. The van der Waals surface area contributed by atoms with Gasteiger partial charge in [0.2, 0.25) is 5.95 Å². The van der Waals surface area contributed by atoms with Gasteiger partial charge in [0, 0.05) is 6.42 Å². The molecule has 0 unspecified atom stereocenters. The molecule has 22 heavy (non-hydrogen) atoms. The van der Waals surface area contributed by atoms with E-state index in [0.29, 0.717) is 6.42 Å². The lowest BCUT2D eigenvalue weighted by molar-refractivity contribution is -0.137. The molecule has 0 saturated carbocycles. The van der Waals surface area contributed by atoms with E-state index in [1.807, 2.05) is 44.2 Å². The summed E-state index contributed by atoms with van der Waals surface area (Å²) in [6.07, 6.45) is 1.86. The molecular formula is C16H20N4O2. The number of carbonyl (C=O) groups is 1. The van der Waals surface area contributed by atoms with Crippen molar-refractivity contribution in [2.24, 2.45) is 0 Å². The van der Waals surface area contributed by atoms with Crippen molar-refractivity contribution in [1.29, 1.82) is 0 Å².